The lowest BCUT2D eigenvalue weighted by Gasteiger charge is -2.16. The van der Waals surface area contributed by atoms with E-state index in [9.17, 15) is 8.42 Å². The van der Waals surface area contributed by atoms with Gasteiger partial charge < -0.3 is 5.73 Å². The summed E-state index contributed by atoms with van der Waals surface area (Å²) in [5, 5.41) is 3.97. The molecule has 0 radical (unpaired) electrons. The van der Waals surface area contributed by atoms with E-state index in [0.717, 1.165) is 11.8 Å². The Hall–Kier alpha value is -1.08. The van der Waals surface area contributed by atoms with Crippen LogP contribution in [0.15, 0.2) is 4.90 Å². The summed E-state index contributed by atoms with van der Waals surface area (Å²) in [5.74, 6) is 2.02. The first kappa shape index (κ1) is 13.9. The Morgan fingerprint density at radius 2 is 1.90 bits per heavy atom. The number of aryl methyl sites for hydroxylation is 1. The molecule has 3 rings (SSSR count). The highest BCUT2D eigenvalue weighted by Gasteiger charge is 2.41. The Bertz CT molecular complexity index is 603. The molecule has 1 heterocycles. The summed E-state index contributed by atoms with van der Waals surface area (Å²) >= 11 is 0. The third-order valence-corrected chi connectivity index (χ3v) is 6.13. The highest BCUT2D eigenvalue weighted by atomic mass is 32.2. The number of nitrogens with one attached hydrogen (secondary N) is 1. The predicted octanol–water partition coefficient (Wildman–Crippen LogP) is 1.03. The topological polar surface area (TPSA) is 90.0 Å². The highest BCUT2D eigenvalue weighted by Crippen LogP contribution is 2.48. The van der Waals surface area contributed by atoms with Crippen LogP contribution in [-0.4, -0.2) is 24.7 Å². The summed E-state index contributed by atoms with van der Waals surface area (Å²) < 4.78 is 29.1. The van der Waals surface area contributed by atoms with Crippen LogP contribution in [0.1, 0.15) is 31.4 Å². The normalized spacial score (nSPS) is 19.8. The van der Waals surface area contributed by atoms with E-state index in [1.165, 1.54) is 30.4 Å². The van der Waals surface area contributed by atoms with Crippen molar-refractivity contribution in [1.82, 2.24) is 14.5 Å². The quantitative estimate of drug-likeness (QED) is 0.820. The lowest BCUT2D eigenvalue weighted by atomic mass is 9.99. The van der Waals surface area contributed by atoms with Crippen LogP contribution >= 0.6 is 0 Å². The number of aromatic nitrogens is 2. The van der Waals surface area contributed by atoms with Gasteiger partial charge in [-0.05, 0) is 50.4 Å². The molecule has 0 amide bonds. The average Bonchev–Trinajstić information content (AvgIpc) is 3.22. The maximum Gasteiger partial charge on any atom is 0.246 e. The molecule has 0 unspecified atom stereocenters. The fourth-order valence-electron chi connectivity index (χ4n) is 2.99. The van der Waals surface area contributed by atoms with Gasteiger partial charge in [0, 0.05) is 13.6 Å². The van der Waals surface area contributed by atoms with Gasteiger partial charge in [-0.2, -0.15) is 5.10 Å². The molecule has 0 aromatic carbocycles. The molecule has 112 valence electrons. The second-order valence-corrected chi connectivity index (χ2v) is 7.82. The minimum absolute atomic E-state index is 0.0758. The van der Waals surface area contributed by atoms with Gasteiger partial charge in [0.2, 0.25) is 10.0 Å². The van der Waals surface area contributed by atoms with Crippen LogP contribution in [0.5, 0.6) is 0 Å². The van der Waals surface area contributed by atoms with Crippen molar-refractivity contribution in [3.8, 4) is 0 Å². The number of nitrogen functional groups attached to an aromatic ring is 1. The monoisotopic (exact) mass is 298 g/mol. The van der Waals surface area contributed by atoms with Crippen molar-refractivity contribution in [2.24, 2.45) is 24.8 Å². The van der Waals surface area contributed by atoms with Crippen molar-refractivity contribution in [3.63, 3.8) is 0 Å². The summed E-state index contributed by atoms with van der Waals surface area (Å²) in [5.41, 5.74) is 6.30. The summed E-state index contributed by atoms with van der Waals surface area (Å²) in [6.45, 7) is 2.25. The Labute approximate surface area is 119 Å². The molecule has 7 heteroatoms. The molecule has 2 saturated carbocycles. The van der Waals surface area contributed by atoms with Gasteiger partial charge in [-0.25, -0.2) is 13.1 Å². The van der Waals surface area contributed by atoms with Gasteiger partial charge in [0.15, 0.2) is 5.82 Å². The Morgan fingerprint density at radius 3 is 2.30 bits per heavy atom. The first-order chi connectivity index (χ1) is 9.40. The lowest BCUT2D eigenvalue weighted by molar-refractivity contribution is 0.401. The van der Waals surface area contributed by atoms with E-state index in [-0.39, 0.29) is 10.7 Å². The minimum Gasteiger partial charge on any atom is -0.381 e. The number of sulfonamides is 1. The van der Waals surface area contributed by atoms with Gasteiger partial charge in [-0.1, -0.05) is 0 Å². The molecular formula is C13H22N4O2S. The standard InChI is InChI=1S/C13H22N4O2S/c1-8-12(13(14)16-17(8)2)20(18,19)15-7-11(9-3-4-9)10-5-6-10/h9-11,15H,3-7H2,1-2H3,(H2,14,16). The SMILES string of the molecule is Cc1c(S(=O)(=O)NCC(C2CC2)C2CC2)c(N)nn1C. The number of rotatable bonds is 6. The van der Waals surface area contributed by atoms with E-state index in [1.54, 1.807) is 14.0 Å². The van der Waals surface area contributed by atoms with E-state index in [1.807, 2.05) is 0 Å². The molecular weight excluding hydrogens is 276 g/mol. The van der Waals surface area contributed by atoms with Gasteiger partial charge in [0.25, 0.3) is 0 Å². The Balaban J connectivity index is 1.74. The largest absolute Gasteiger partial charge is 0.381 e. The number of hydrogen-bond acceptors (Lipinski definition) is 4. The molecule has 1 aromatic heterocycles. The molecule has 0 bridgehead atoms. The molecule has 0 spiro atoms. The second-order valence-electron chi connectivity index (χ2n) is 6.11. The predicted molar refractivity (Wildman–Crippen MR) is 76.5 cm³/mol. The molecule has 3 N–H and O–H groups in total. The van der Waals surface area contributed by atoms with Crippen LogP contribution in [0.3, 0.4) is 0 Å². The van der Waals surface area contributed by atoms with Crippen LogP contribution in [0.2, 0.25) is 0 Å². The zero-order valence-electron chi connectivity index (χ0n) is 12.0. The fraction of sp³-hybridized carbons (Fsp3) is 0.769. The van der Waals surface area contributed by atoms with Crippen molar-refractivity contribution < 1.29 is 8.42 Å². The molecule has 2 aliphatic carbocycles. The third kappa shape index (κ3) is 2.56. The molecule has 2 aliphatic rings. The van der Waals surface area contributed by atoms with E-state index in [2.05, 4.69) is 9.82 Å². The summed E-state index contributed by atoms with van der Waals surface area (Å²) in [6, 6.07) is 0. The van der Waals surface area contributed by atoms with Crippen molar-refractivity contribution in [3.05, 3.63) is 5.69 Å². The number of nitrogens with zero attached hydrogens (tertiary/aromatic N) is 2. The van der Waals surface area contributed by atoms with Gasteiger partial charge in [-0.3, -0.25) is 4.68 Å². The van der Waals surface area contributed by atoms with Crippen molar-refractivity contribution in [1.29, 1.82) is 0 Å². The zero-order valence-corrected chi connectivity index (χ0v) is 12.8. The van der Waals surface area contributed by atoms with E-state index in [0.29, 0.717) is 18.2 Å². The maximum atomic E-state index is 12.4. The van der Waals surface area contributed by atoms with E-state index < -0.39 is 10.0 Å². The van der Waals surface area contributed by atoms with Gasteiger partial charge in [0.1, 0.15) is 4.90 Å². The first-order valence-corrected chi connectivity index (χ1v) is 8.67. The van der Waals surface area contributed by atoms with Gasteiger partial charge in [-0.15, -0.1) is 0 Å². The van der Waals surface area contributed by atoms with Crippen molar-refractivity contribution in [2.75, 3.05) is 12.3 Å². The molecule has 0 saturated heterocycles. The maximum absolute atomic E-state index is 12.4. The number of hydrogen-bond donors (Lipinski definition) is 2. The molecule has 1 aromatic rings. The van der Waals surface area contributed by atoms with E-state index in [4.69, 9.17) is 5.73 Å². The summed E-state index contributed by atoms with van der Waals surface area (Å²) in [6.07, 6.45) is 4.99. The second kappa shape index (κ2) is 4.73. The van der Waals surface area contributed by atoms with Crippen molar-refractivity contribution in [2.45, 2.75) is 37.5 Å². The van der Waals surface area contributed by atoms with Crippen LogP contribution in [0.25, 0.3) is 0 Å². The van der Waals surface area contributed by atoms with Gasteiger partial charge >= 0.3 is 0 Å². The van der Waals surface area contributed by atoms with Gasteiger partial charge in [0.05, 0.1) is 5.69 Å². The minimum atomic E-state index is -3.57. The molecule has 20 heavy (non-hydrogen) atoms. The summed E-state index contributed by atoms with van der Waals surface area (Å²) in [4.78, 5) is 0.130. The van der Waals surface area contributed by atoms with E-state index >= 15 is 0 Å². The smallest absolute Gasteiger partial charge is 0.246 e. The Morgan fingerprint density at radius 1 is 1.35 bits per heavy atom. The molecule has 0 aliphatic heterocycles. The number of nitrogens with two attached hydrogens (primary N) is 1. The lowest BCUT2D eigenvalue weighted by Crippen LogP contribution is -2.31. The van der Waals surface area contributed by atoms with Crippen LogP contribution in [0.4, 0.5) is 5.82 Å². The molecule has 0 atom stereocenters. The third-order valence-electron chi connectivity index (χ3n) is 4.54. The summed E-state index contributed by atoms with van der Waals surface area (Å²) in [7, 11) is -1.87. The zero-order chi connectivity index (χ0) is 14.5. The van der Waals surface area contributed by atoms with Crippen LogP contribution in [0, 0.1) is 24.7 Å². The number of anilines is 1. The molecule has 2 fully saturated rings. The first-order valence-electron chi connectivity index (χ1n) is 7.19. The Kier molecular flexibility index (Phi) is 3.29. The van der Waals surface area contributed by atoms with Crippen LogP contribution < -0.4 is 10.5 Å². The molecule has 6 nitrogen and oxygen atoms in total. The average molecular weight is 298 g/mol. The van der Waals surface area contributed by atoms with Crippen LogP contribution in [-0.2, 0) is 17.1 Å². The van der Waals surface area contributed by atoms with Crippen molar-refractivity contribution >= 4 is 15.8 Å². The highest BCUT2D eigenvalue weighted by molar-refractivity contribution is 7.89. The fourth-order valence-corrected chi connectivity index (χ4v) is 4.38.